The van der Waals surface area contributed by atoms with Crippen LogP contribution in [0, 0.1) is 0 Å². The second kappa shape index (κ2) is 8.18. The molecule has 1 aromatic heterocycles. The van der Waals surface area contributed by atoms with Crippen LogP contribution in [0.3, 0.4) is 0 Å². The van der Waals surface area contributed by atoms with Crippen LogP contribution in [0.2, 0.25) is 0 Å². The van der Waals surface area contributed by atoms with Gasteiger partial charge in [-0.2, -0.15) is 5.10 Å². The van der Waals surface area contributed by atoms with E-state index in [-0.39, 0.29) is 12.5 Å². The second-order valence-corrected chi connectivity index (χ2v) is 4.45. The van der Waals surface area contributed by atoms with Gasteiger partial charge in [0.1, 0.15) is 0 Å². The van der Waals surface area contributed by atoms with Gasteiger partial charge in [0.05, 0.1) is 30.7 Å². The SMILES string of the molecule is O=C(NCCCOCCO)c1cnn(-c2ccccc2)c1. The molecule has 0 aliphatic carbocycles. The van der Waals surface area contributed by atoms with Gasteiger partial charge in [0, 0.05) is 19.3 Å². The first-order valence-corrected chi connectivity index (χ1v) is 6.88. The van der Waals surface area contributed by atoms with Gasteiger partial charge in [-0.05, 0) is 18.6 Å². The Bertz CT molecular complexity index is 554. The number of amides is 1. The van der Waals surface area contributed by atoms with E-state index in [0.717, 1.165) is 5.69 Å². The van der Waals surface area contributed by atoms with Gasteiger partial charge < -0.3 is 15.2 Å². The highest BCUT2D eigenvalue weighted by molar-refractivity contribution is 5.93. The van der Waals surface area contributed by atoms with Crippen LogP contribution < -0.4 is 5.32 Å². The van der Waals surface area contributed by atoms with E-state index in [1.807, 2.05) is 30.3 Å². The maximum Gasteiger partial charge on any atom is 0.254 e. The van der Waals surface area contributed by atoms with Gasteiger partial charge in [-0.25, -0.2) is 4.68 Å². The molecule has 0 aliphatic heterocycles. The van der Waals surface area contributed by atoms with Crippen LogP contribution >= 0.6 is 0 Å². The molecule has 0 atom stereocenters. The van der Waals surface area contributed by atoms with Gasteiger partial charge in [-0.15, -0.1) is 0 Å². The van der Waals surface area contributed by atoms with Gasteiger partial charge in [0.25, 0.3) is 5.91 Å². The minimum atomic E-state index is -0.153. The maximum absolute atomic E-state index is 11.9. The summed E-state index contributed by atoms with van der Waals surface area (Å²) in [6, 6.07) is 9.62. The minimum Gasteiger partial charge on any atom is -0.394 e. The lowest BCUT2D eigenvalue weighted by atomic mass is 10.3. The number of benzene rings is 1. The Hall–Kier alpha value is -2.18. The monoisotopic (exact) mass is 289 g/mol. The van der Waals surface area contributed by atoms with E-state index in [9.17, 15) is 4.79 Å². The van der Waals surface area contributed by atoms with Crippen LogP contribution in [0.15, 0.2) is 42.7 Å². The number of ether oxygens (including phenoxy) is 1. The van der Waals surface area contributed by atoms with Gasteiger partial charge in [0.15, 0.2) is 0 Å². The zero-order chi connectivity index (χ0) is 14.9. The lowest BCUT2D eigenvalue weighted by Gasteiger charge is -2.04. The molecule has 0 fully saturated rings. The molecular weight excluding hydrogens is 270 g/mol. The molecule has 6 nitrogen and oxygen atoms in total. The Morgan fingerprint density at radius 3 is 2.86 bits per heavy atom. The smallest absolute Gasteiger partial charge is 0.254 e. The summed E-state index contributed by atoms with van der Waals surface area (Å²) in [7, 11) is 0. The zero-order valence-electron chi connectivity index (χ0n) is 11.7. The third-order valence-electron chi connectivity index (χ3n) is 2.85. The zero-order valence-corrected chi connectivity index (χ0v) is 11.7. The van der Waals surface area contributed by atoms with E-state index in [0.29, 0.717) is 31.7 Å². The molecule has 0 bridgehead atoms. The van der Waals surface area contributed by atoms with Crippen LogP contribution in [-0.2, 0) is 4.74 Å². The van der Waals surface area contributed by atoms with Crippen molar-refractivity contribution in [1.29, 1.82) is 0 Å². The molecule has 6 heteroatoms. The Kier molecular flexibility index (Phi) is 5.93. The van der Waals surface area contributed by atoms with Crippen LogP contribution in [0.25, 0.3) is 5.69 Å². The van der Waals surface area contributed by atoms with E-state index in [4.69, 9.17) is 9.84 Å². The van der Waals surface area contributed by atoms with Crippen molar-refractivity contribution >= 4 is 5.91 Å². The predicted octanol–water partition coefficient (Wildman–Crippen LogP) is 1.00. The molecule has 0 unspecified atom stereocenters. The molecular formula is C15H19N3O3. The summed E-state index contributed by atoms with van der Waals surface area (Å²) < 4.78 is 6.78. The first kappa shape index (κ1) is 15.2. The van der Waals surface area contributed by atoms with Gasteiger partial charge in [-0.3, -0.25) is 4.79 Å². The Morgan fingerprint density at radius 2 is 2.10 bits per heavy atom. The molecule has 2 rings (SSSR count). The van der Waals surface area contributed by atoms with Crippen LogP contribution in [-0.4, -0.2) is 47.2 Å². The Labute approximate surface area is 123 Å². The van der Waals surface area contributed by atoms with Crippen molar-refractivity contribution in [3.8, 4) is 5.69 Å². The molecule has 0 radical (unpaired) electrons. The molecule has 21 heavy (non-hydrogen) atoms. The minimum absolute atomic E-state index is 0.0189. The van der Waals surface area contributed by atoms with Crippen molar-refractivity contribution < 1.29 is 14.6 Å². The highest BCUT2D eigenvalue weighted by Gasteiger charge is 2.08. The third kappa shape index (κ3) is 4.70. The average molecular weight is 289 g/mol. The van der Waals surface area contributed by atoms with Gasteiger partial charge in [-0.1, -0.05) is 18.2 Å². The molecule has 1 amide bonds. The number of hydrogen-bond acceptors (Lipinski definition) is 4. The fraction of sp³-hybridized carbons (Fsp3) is 0.333. The van der Waals surface area contributed by atoms with E-state index in [2.05, 4.69) is 10.4 Å². The second-order valence-electron chi connectivity index (χ2n) is 4.45. The summed E-state index contributed by atoms with van der Waals surface area (Å²) >= 11 is 0. The number of rotatable bonds is 8. The third-order valence-corrected chi connectivity index (χ3v) is 2.85. The van der Waals surface area contributed by atoms with Crippen LogP contribution in [0.1, 0.15) is 16.8 Å². The van der Waals surface area contributed by atoms with E-state index in [1.165, 1.54) is 0 Å². The summed E-state index contributed by atoms with van der Waals surface area (Å²) in [6.45, 7) is 1.40. The normalized spacial score (nSPS) is 10.5. The number of carbonyl (C=O) groups excluding carboxylic acids is 1. The van der Waals surface area contributed by atoms with Crippen molar-refractivity contribution in [1.82, 2.24) is 15.1 Å². The Balaban J connectivity index is 1.80. The molecule has 0 saturated heterocycles. The number of nitrogens with zero attached hydrogens (tertiary/aromatic N) is 2. The molecule has 1 aromatic carbocycles. The summed E-state index contributed by atoms with van der Waals surface area (Å²) in [4.78, 5) is 11.9. The molecule has 1 heterocycles. The van der Waals surface area contributed by atoms with Crippen LogP contribution in [0.4, 0.5) is 0 Å². The summed E-state index contributed by atoms with van der Waals surface area (Å²) in [5.74, 6) is -0.153. The lowest BCUT2D eigenvalue weighted by Crippen LogP contribution is -2.25. The van der Waals surface area contributed by atoms with E-state index in [1.54, 1.807) is 17.1 Å². The summed E-state index contributed by atoms with van der Waals surface area (Å²) in [5, 5.41) is 15.5. The standard InChI is InChI=1S/C15H19N3O3/c19-8-10-21-9-4-7-16-15(20)13-11-17-18(12-13)14-5-2-1-3-6-14/h1-3,5-6,11-12,19H,4,7-10H2,(H,16,20). The molecule has 2 aromatic rings. The summed E-state index contributed by atoms with van der Waals surface area (Å²) in [5.41, 5.74) is 1.43. The van der Waals surface area contributed by atoms with E-state index < -0.39 is 0 Å². The first-order valence-electron chi connectivity index (χ1n) is 6.88. The predicted molar refractivity (Wildman–Crippen MR) is 78.4 cm³/mol. The highest BCUT2D eigenvalue weighted by Crippen LogP contribution is 2.07. The number of carbonyl (C=O) groups is 1. The number of aliphatic hydroxyl groups excluding tert-OH is 1. The van der Waals surface area contributed by atoms with Crippen molar-refractivity contribution in [3.05, 3.63) is 48.3 Å². The van der Waals surface area contributed by atoms with Crippen molar-refractivity contribution in [2.45, 2.75) is 6.42 Å². The number of nitrogens with one attached hydrogen (secondary N) is 1. The summed E-state index contributed by atoms with van der Waals surface area (Å²) in [6.07, 6.45) is 3.95. The number of aromatic nitrogens is 2. The van der Waals surface area contributed by atoms with Crippen LogP contribution in [0.5, 0.6) is 0 Å². The van der Waals surface area contributed by atoms with Gasteiger partial charge >= 0.3 is 0 Å². The molecule has 112 valence electrons. The number of hydrogen-bond donors (Lipinski definition) is 2. The van der Waals surface area contributed by atoms with Gasteiger partial charge in [0.2, 0.25) is 0 Å². The molecule has 0 saturated carbocycles. The lowest BCUT2D eigenvalue weighted by molar-refractivity contribution is 0.0867. The largest absolute Gasteiger partial charge is 0.394 e. The van der Waals surface area contributed by atoms with Crippen molar-refractivity contribution in [2.24, 2.45) is 0 Å². The molecule has 2 N–H and O–H groups in total. The fourth-order valence-corrected chi connectivity index (χ4v) is 1.81. The average Bonchev–Trinajstić information content (AvgIpc) is 3.01. The molecule has 0 aliphatic rings. The molecule has 0 spiro atoms. The first-order chi connectivity index (χ1) is 10.3. The quantitative estimate of drug-likeness (QED) is 0.711. The Morgan fingerprint density at radius 1 is 1.29 bits per heavy atom. The highest BCUT2D eigenvalue weighted by atomic mass is 16.5. The van der Waals surface area contributed by atoms with Crippen molar-refractivity contribution in [3.63, 3.8) is 0 Å². The topological polar surface area (TPSA) is 76.4 Å². The number of para-hydroxylation sites is 1. The van der Waals surface area contributed by atoms with Crippen molar-refractivity contribution in [2.75, 3.05) is 26.4 Å². The maximum atomic E-state index is 11.9. The number of aliphatic hydroxyl groups is 1. The fourth-order valence-electron chi connectivity index (χ4n) is 1.81. The van der Waals surface area contributed by atoms with E-state index >= 15 is 0 Å².